The zero-order chi connectivity index (χ0) is 9.52. The molecular formula is C10H12NO2. The third kappa shape index (κ3) is 3.15. The van der Waals surface area contributed by atoms with Crippen molar-refractivity contribution in [3.8, 4) is 5.75 Å². The van der Waals surface area contributed by atoms with Crippen molar-refractivity contribution < 1.29 is 9.57 Å². The van der Waals surface area contributed by atoms with Gasteiger partial charge in [0.25, 0.3) is 0 Å². The fourth-order valence-electron chi connectivity index (χ4n) is 0.815. The van der Waals surface area contributed by atoms with Gasteiger partial charge in [-0.05, 0) is 31.2 Å². The van der Waals surface area contributed by atoms with Crippen molar-refractivity contribution >= 4 is 6.21 Å². The van der Waals surface area contributed by atoms with Gasteiger partial charge in [-0.2, -0.15) is 0 Å². The summed E-state index contributed by atoms with van der Waals surface area (Å²) in [5.74, 6) is 0.821. The molecule has 0 saturated heterocycles. The minimum atomic E-state index is 0.559. The Bertz CT molecular complexity index is 267. The molecule has 69 valence electrons. The lowest BCUT2D eigenvalue weighted by Crippen LogP contribution is -1.86. The Labute approximate surface area is 78.0 Å². The Morgan fingerprint density at radius 1 is 1.31 bits per heavy atom. The molecule has 0 aliphatic rings. The SMILES string of the molecule is CCO/N=[C]/c1ccc(OC)cc1. The molecule has 0 aliphatic heterocycles. The highest BCUT2D eigenvalue weighted by Crippen LogP contribution is 2.09. The third-order valence-corrected chi connectivity index (χ3v) is 1.46. The van der Waals surface area contributed by atoms with Gasteiger partial charge in [-0.1, -0.05) is 5.16 Å². The molecule has 0 unspecified atom stereocenters. The summed E-state index contributed by atoms with van der Waals surface area (Å²) in [6, 6.07) is 7.43. The smallest absolute Gasteiger partial charge is 0.139 e. The number of ether oxygens (including phenoxy) is 1. The molecule has 0 bridgehead atoms. The number of hydrogen-bond acceptors (Lipinski definition) is 3. The first kappa shape index (κ1) is 9.58. The summed E-state index contributed by atoms with van der Waals surface area (Å²) in [6.45, 7) is 2.43. The fourth-order valence-corrected chi connectivity index (χ4v) is 0.815. The van der Waals surface area contributed by atoms with Crippen molar-refractivity contribution in [2.75, 3.05) is 13.7 Å². The van der Waals surface area contributed by atoms with E-state index in [2.05, 4.69) is 11.4 Å². The van der Waals surface area contributed by atoms with Crippen LogP contribution in [0.1, 0.15) is 12.5 Å². The number of benzene rings is 1. The highest BCUT2D eigenvalue weighted by Gasteiger charge is 1.90. The molecule has 0 fully saturated rings. The molecule has 3 nitrogen and oxygen atoms in total. The summed E-state index contributed by atoms with van der Waals surface area (Å²) in [5.41, 5.74) is 0.870. The van der Waals surface area contributed by atoms with Crippen LogP contribution in [0.3, 0.4) is 0 Å². The molecule has 0 aromatic heterocycles. The number of nitrogens with zero attached hydrogens (tertiary/aromatic N) is 1. The van der Waals surface area contributed by atoms with Crippen LogP contribution in [0.4, 0.5) is 0 Å². The van der Waals surface area contributed by atoms with Gasteiger partial charge in [0.2, 0.25) is 0 Å². The number of methoxy groups -OCH3 is 1. The summed E-state index contributed by atoms with van der Waals surface area (Å²) in [7, 11) is 1.63. The molecule has 1 aromatic rings. The van der Waals surface area contributed by atoms with E-state index in [0.717, 1.165) is 11.3 Å². The van der Waals surface area contributed by atoms with Crippen molar-refractivity contribution in [2.45, 2.75) is 6.92 Å². The second-order valence-corrected chi connectivity index (χ2v) is 2.35. The molecular weight excluding hydrogens is 166 g/mol. The van der Waals surface area contributed by atoms with Gasteiger partial charge in [-0.3, -0.25) is 0 Å². The molecule has 3 heteroatoms. The van der Waals surface area contributed by atoms with E-state index in [4.69, 9.17) is 9.57 Å². The van der Waals surface area contributed by atoms with E-state index in [1.54, 1.807) is 7.11 Å². The predicted molar refractivity (Wildman–Crippen MR) is 51.2 cm³/mol. The minimum Gasteiger partial charge on any atom is -0.497 e. The maximum Gasteiger partial charge on any atom is 0.139 e. The Hall–Kier alpha value is -1.51. The van der Waals surface area contributed by atoms with Crippen LogP contribution in [0.15, 0.2) is 29.4 Å². The number of hydrogen-bond donors (Lipinski definition) is 0. The van der Waals surface area contributed by atoms with E-state index in [0.29, 0.717) is 6.61 Å². The summed E-state index contributed by atoms with van der Waals surface area (Å²) in [5, 5.41) is 3.62. The molecule has 0 atom stereocenters. The van der Waals surface area contributed by atoms with Gasteiger partial charge in [0.15, 0.2) is 0 Å². The highest BCUT2D eigenvalue weighted by molar-refractivity contribution is 5.79. The van der Waals surface area contributed by atoms with Gasteiger partial charge in [-0.15, -0.1) is 0 Å². The largest absolute Gasteiger partial charge is 0.497 e. The third-order valence-electron chi connectivity index (χ3n) is 1.46. The second-order valence-electron chi connectivity index (χ2n) is 2.35. The molecule has 0 heterocycles. The lowest BCUT2D eigenvalue weighted by atomic mass is 10.2. The summed E-state index contributed by atoms with van der Waals surface area (Å²) < 4.78 is 5.01. The zero-order valence-electron chi connectivity index (χ0n) is 7.78. The van der Waals surface area contributed by atoms with Crippen molar-refractivity contribution in [1.29, 1.82) is 0 Å². The Morgan fingerprint density at radius 2 is 2.00 bits per heavy atom. The van der Waals surface area contributed by atoms with Crippen molar-refractivity contribution in [3.63, 3.8) is 0 Å². The second kappa shape index (κ2) is 5.19. The van der Waals surface area contributed by atoms with E-state index in [-0.39, 0.29) is 0 Å². The van der Waals surface area contributed by atoms with Gasteiger partial charge in [-0.25, -0.2) is 0 Å². The quantitative estimate of drug-likeness (QED) is 0.521. The molecule has 0 aliphatic carbocycles. The monoisotopic (exact) mass is 178 g/mol. The van der Waals surface area contributed by atoms with Gasteiger partial charge >= 0.3 is 0 Å². The summed E-state index contributed by atoms with van der Waals surface area (Å²) in [6.07, 6.45) is 2.74. The molecule has 13 heavy (non-hydrogen) atoms. The number of rotatable bonds is 4. The van der Waals surface area contributed by atoms with Crippen molar-refractivity contribution in [2.24, 2.45) is 5.16 Å². The van der Waals surface area contributed by atoms with Crippen LogP contribution >= 0.6 is 0 Å². The molecule has 0 amide bonds. The first-order chi connectivity index (χ1) is 6.36. The van der Waals surface area contributed by atoms with Crippen molar-refractivity contribution in [3.05, 3.63) is 29.8 Å². The lowest BCUT2D eigenvalue weighted by Gasteiger charge is -1.97. The normalized spacial score (nSPS) is 10.3. The van der Waals surface area contributed by atoms with Crippen LogP contribution in [-0.2, 0) is 4.84 Å². The van der Waals surface area contributed by atoms with Gasteiger partial charge in [0, 0.05) is 5.56 Å². The van der Waals surface area contributed by atoms with E-state index in [1.165, 1.54) is 0 Å². The maximum atomic E-state index is 5.01. The minimum absolute atomic E-state index is 0.559. The van der Waals surface area contributed by atoms with Crippen LogP contribution in [0.5, 0.6) is 5.75 Å². The standard InChI is InChI=1S/C10H12NO2/c1-3-13-11-8-9-4-6-10(12-2)7-5-9/h4-7H,3H2,1-2H3. The molecule has 0 saturated carbocycles. The molecule has 1 rings (SSSR count). The molecule has 0 spiro atoms. The van der Waals surface area contributed by atoms with Gasteiger partial charge in [0.05, 0.1) is 7.11 Å². The van der Waals surface area contributed by atoms with Crippen LogP contribution in [0.25, 0.3) is 0 Å². The van der Waals surface area contributed by atoms with E-state index in [9.17, 15) is 0 Å². The van der Waals surface area contributed by atoms with Gasteiger partial charge < -0.3 is 9.57 Å². The fraction of sp³-hybridized carbons (Fsp3) is 0.300. The van der Waals surface area contributed by atoms with Crippen LogP contribution in [0, 0.1) is 0 Å². The van der Waals surface area contributed by atoms with Crippen LogP contribution in [0.2, 0.25) is 0 Å². The average molecular weight is 178 g/mol. The average Bonchev–Trinajstić information content (AvgIpc) is 2.19. The Balaban J connectivity index is 2.58. The predicted octanol–water partition coefficient (Wildman–Crippen LogP) is 1.94. The zero-order valence-corrected chi connectivity index (χ0v) is 7.78. The van der Waals surface area contributed by atoms with E-state index >= 15 is 0 Å². The van der Waals surface area contributed by atoms with Gasteiger partial charge in [0.1, 0.15) is 18.6 Å². The van der Waals surface area contributed by atoms with Crippen LogP contribution in [-0.4, -0.2) is 19.9 Å². The first-order valence-corrected chi connectivity index (χ1v) is 4.09. The first-order valence-electron chi connectivity index (χ1n) is 4.09. The van der Waals surface area contributed by atoms with Crippen LogP contribution < -0.4 is 4.74 Å². The highest BCUT2D eigenvalue weighted by atomic mass is 16.6. The van der Waals surface area contributed by atoms with Crippen molar-refractivity contribution in [1.82, 2.24) is 0 Å². The summed E-state index contributed by atoms with van der Waals surface area (Å²) in [4.78, 5) is 4.78. The Kier molecular flexibility index (Phi) is 3.82. The Morgan fingerprint density at radius 3 is 2.54 bits per heavy atom. The molecule has 0 N–H and O–H groups in total. The van der Waals surface area contributed by atoms with E-state index in [1.807, 2.05) is 31.2 Å². The topological polar surface area (TPSA) is 30.8 Å². The molecule has 1 aromatic carbocycles. The van der Waals surface area contributed by atoms with E-state index < -0.39 is 0 Å². The maximum absolute atomic E-state index is 5.01. The lowest BCUT2D eigenvalue weighted by molar-refractivity contribution is 0.160. The molecule has 1 radical (unpaired) electrons. The summed E-state index contributed by atoms with van der Waals surface area (Å²) >= 11 is 0.